The second-order valence-electron chi connectivity index (χ2n) is 4.58. The monoisotopic (exact) mass is 231 g/mol. The zero-order valence-corrected chi connectivity index (χ0v) is 10.4. The summed E-state index contributed by atoms with van der Waals surface area (Å²) in [5.41, 5.74) is 0.491. The fraction of sp³-hybridized carbons (Fsp3) is 0.700. The number of allylic oxidation sites excluding steroid dienone is 1. The smallest absolute Gasteiger partial charge is 0.198 e. The van der Waals surface area contributed by atoms with Gasteiger partial charge in [0.1, 0.15) is 5.60 Å². The van der Waals surface area contributed by atoms with Crippen LogP contribution in [-0.4, -0.2) is 24.8 Å². The summed E-state index contributed by atoms with van der Waals surface area (Å²) < 4.78 is 23.5. The van der Waals surface area contributed by atoms with Gasteiger partial charge in [-0.3, -0.25) is 0 Å². The topological polar surface area (TPSA) is 55.7 Å². The lowest BCUT2D eigenvalue weighted by Gasteiger charge is -2.12. The van der Waals surface area contributed by atoms with Crippen LogP contribution in [0.4, 0.5) is 0 Å². The minimum absolute atomic E-state index is 0.00755. The number of hydrogen-bond donors (Lipinski definition) is 0. The molecule has 1 rings (SSSR count). The quantitative estimate of drug-likeness (QED) is 0.682. The van der Waals surface area contributed by atoms with Crippen molar-refractivity contribution in [1.82, 2.24) is 0 Å². The van der Waals surface area contributed by atoms with E-state index in [-0.39, 0.29) is 10.8 Å². The van der Waals surface area contributed by atoms with E-state index in [1.165, 1.54) is 0 Å². The second-order valence-corrected chi connectivity index (χ2v) is 6.61. The molecule has 0 saturated carbocycles. The predicted octanol–water partition coefficient (Wildman–Crippen LogP) is 1.88. The summed E-state index contributed by atoms with van der Waals surface area (Å²) in [6.07, 6.45) is 2.04. The van der Waals surface area contributed by atoms with Gasteiger partial charge in [-0.1, -0.05) is 16.8 Å². The average molecular weight is 231 g/mol. The third-order valence-corrected chi connectivity index (χ3v) is 3.58. The summed E-state index contributed by atoms with van der Waals surface area (Å²) in [7, 11) is -3.28. The van der Waals surface area contributed by atoms with E-state index in [0.29, 0.717) is 6.42 Å². The summed E-state index contributed by atoms with van der Waals surface area (Å²) >= 11 is 0. The molecule has 0 saturated heterocycles. The maximum atomic E-state index is 11.8. The van der Waals surface area contributed by atoms with Crippen LogP contribution in [0.5, 0.6) is 0 Å². The molecular weight excluding hydrogens is 214 g/mol. The van der Waals surface area contributed by atoms with Crippen molar-refractivity contribution in [1.29, 1.82) is 0 Å². The SMILES string of the molecule is CC(C)=CCS(=O)(=O)C1=NOC(C)(C)C1. The van der Waals surface area contributed by atoms with Crippen LogP contribution in [0.1, 0.15) is 34.1 Å². The molecule has 0 radical (unpaired) electrons. The Balaban J connectivity index is 2.77. The molecule has 1 aliphatic rings. The highest BCUT2D eigenvalue weighted by molar-refractivity contribution is 8.06. The van der Waals surface area contributed by atoms with Crippen molar-refractivity contribution in [3.8, 4) is 0 Å². The first kappa shape index (κ1) is 12.2. The van der Waals surface area contributed by atoms with Crippen molar-refractivity contribution in [2.45, 2.75) is 39.7 Å². The van der Waals surface area contributed by atoms with Crippen molar-refractivity contribution in [3.05, 3.63) is 11.6 Å². The minimum Gasteiger partial charge on any atom is -0.389 e. The van der Waals surface area contributed by atoms with Gasteiger partial charge in [-0.15, -0.1) is 0 Å². The van der Waals surface area contributed by atoms with Crippen LogP contribution in [0.3, 0.4) is 0 Å². The Labute approximate surface area is 90.9 Å². The summed E-state index contributed by atoms with van der Waals surface area (Å²) in [6, 6.07) is 0. The Morgan fingerprint density at radius 2 is 2.13 bits per heavy atom. The van der Waals surface area contributed by atoms with Crippen LogP contribution in [0.15, 0.2) is 16.8 Å². The number of hydrogen-bond acceptors (Lipinski definition) is 4. The number of sulfone groups is 1. The Morgan fingerprint density at radius 1 is 1.53 bits per heavy atom. The van der Waals surface area contributed by atoms with E-state index in [1.54, 1.807) is 6.08 Å². The lowest BCUT2D eigenvalue weighted by atomic mass is 10.1. The molecule has 0 fully saturated rings. The van der Waals surface area contributed by atoms with Gasteiger partial charge in [0.25, 0.3) is 0 Å². The van der Waals surface area contributed by atoms with Gasteiger partial charge in [-0.05, 0) is 27.7 Å². The maximum Gasteiger partial charge on any atom is 0.198 e. The molecule has 86 valence electrons. The molecule has 0 aliphatic carbocycles. The van der Waals surface area contributed by atoms with E-state index >= 15 is 0 Å². The summed E-state index contributed by atoms with van der Waals surface area (Å²) in [6.45, 7) is 7.37. The first-order valence-electron chi connectivity index (χ1n) is 4.84. The zero-order chi connectivity index (χ0) is 11.7. The number of rotatable bonds is 2. The highest BCUT2D eigenvalue weighted by Crippen LogP contribution is 2.24. The van der Waals surface area contributed by atoms with Gasteiger partial charge < -0.3 is 4.84 Å². The van der Waals surface area contributed by atoms with E-state index in [2.05, 4.69) is 5.16 Å². The van der Waals surface area contributed by atoms with Gasteiger partial charge in [0.2, 0.25) is 0 Å². The van der Waals surface area contributed by atoms with Gasteiger partial charge in [-0.2, -0.15) is 0 Å². The molecule has 1 aliphatic heterocycles. The molecule has 4 nitrogen and oxygen atoms in total. The molecule has 0 unspecified atom stereocenters. The van der Waals surface area contributed by atoms with E-state index in [9.17, 15) is 8.42 Å². The van der Waals surface area contributed by atoms with Crippen LogP contribution >= 0.6 is 0 Å². The highest BCUT2D eigenvalue weighted by atomic mass is 32.2. The van der Waals surface area contributed by atoms with Gasteiger partial charge >= 0.3 is 0 Å². The van der Waals surface area contributed by atoms with E-state index in [4.69, 9.17) is 4.84 Å². The Kier molecular flexibility index (Phi) is 3.23. The largest absolute Gasteiger partial charge is 0.389 e. The Bertz CT molecular complexity index is 400. The summed E-state index contributed by atoms with van der Waals surface area (Å²) in [5.74, 6) is 0.00755. The normalized spacial score (nSPS) is 19.3. The molecule has 1 heterocycles. The molecular formula is C10H17NO3S. The standard InChI is InChI=1S/C10H17NO3S/c1-8(2)5-6-15(12,13)9-7-10(3,4)14-11-9/h5H,6-7H2,1-4H3. The molecule has 0 aromatic rings. The van der Waals surface area contributed by atoms with E-state index in [1.807, 2.05) is 27.7 Å². The summed E-state index contributed by atoms with van der Waals surface area (Å²) in [5, 5.41) is 3.79. The number of oxime groups is 1. The zero-order valence-electron chi connectivity index (χ0n) is 9.57. The fourth-order valence-electron chi connectivity index (χ4n) is 1.14. The average Bonchev–Trinajstić information content (AvgIpc) is 2.43. The van der Waals surface area contributed by atoms with Gasteiger partial charge in [0.05, 0.1) is 5.75 Å². The molecule has 5 heteroatoms. The molecule has 0 bridgehead atoms. The van der Waals surface area contributed by atoms with Crippen LogP contribution in [0.2, 0.25) is 0 Å². The van der Waals surface area contributed by atoms with Crippen LogP contribution in [-0.2, 0) is 14.7 Å². The van der Waals surface area contributed by atoms with Gasteiger partial charge in [0, 0.05) is 6.42 Å². The van der Waals surface area contributed by atoms with Crippen LogP contribution < -0.4 is 0 Å². The van der Waals surface area contributed by atoms with Crippen molar-refractivity contribution in [3.63, 3.8) is 0 Å². The third-order valence-electron chi connectivity index (χ3n) is 2.04. The maximum absolute atomic E-state index is 11.8. The summed E-state index contributed by atoms with van der Waals surface area (Å²) in [4.78, 5) is 5.03. The van der Waals surface area contributed by atoms with Crippen LogP contribution in [0.25, 0.3) is 0 Å². The minimum atomic E-state index is -3.28. The van der Waals surface area contributed by atoms with Gasteiger partial charge in [-0.25, -0.2) is 8.42 Å². The Morgan fingerprint density at radius 3 is 2.53 bits per heavy atom. The lowest BCUT2D eigenvalue weighted by Crippen LogP contribution is -2.23. The second kappa shape index (κ2) is 3.96. The van der Waals surface area contributed by atoms with Crippen molar-refractivity contribution >= 4 is 14.9 Å². The Hall–Kier alpha value is -0.840. The first-order valence-corrected chi connectivity index (χ1v) is 6.49. The predicted molar refractivity (Wildman–Crippen MR) is 60.4 cm³/mol. The molecule has 0 aromatic carbocycles. The molecule has 15 heavy (non-hydrogen) atoms. The number of nitrogens with zero attached hydrogens (tertiary/aromatic N) is 1. The van der Waals surface area contributed by atoms with Gasteiger partial charge in [0.15, 0.2) is 14.9 Å². The van der Waals surface area contributed by atoms with Crippen molar-refractivity contribution < 1.29 is 13.3 Å². The first-order chi connectivity index (χ1) is 6.73. The molecule has 0 atom stereocenters. The molecule has 0 amide bonds. The fourth-order valence-corrected chi connectivity index (χ4v) is 2.61. The lowest BCUT2D eigenvalue weighted by molar-refractivity contribution is 0.0123. The third kappa shape index (κ3) is 3.34. The van der Waals surface area contributed by atoms with Crippen molar-refractivity contribution in [2.75, 3.05) is 5.75 Å². The van der Waals surface area contributed by atoms with E-state index < -0.39 is 15.4 Å². The van der Waals surface area contributed by atoms with Crippen molar-refractivity contribution in [2.24, 2.45) is 5.16 Å². The van der Waals surface area contributed by atoms with E-state index in [0.717, 1.165) is 5.57 Å². The van der Waals surface area contributed by atoms with Crippen LogP contribution in [0, 0.1) is 0 Å². The molecule has 0 spiro atoms. The molecule has 0 aromatic heterocycles. The molecule has 0 N–H and O–H groups in total. The highest BCUT2D eigenvalue weighted by Gasteiger charge is 2.35.